The van der Waals surface area contributed by atoms with Crippen LogP contribution in [0.15, 0.2) is 24.3 Å². The SMILES string of the molecule is C#CCCNc1ccccc1F. The molecular formula is C10H10FN. The number of hydrogen-bond donors (Lipinski definition) is 1. The molecule has 0 radical (unpaired) electrons. The molecule has 0 aromatic heterocycles. The zero-order valence-corrected chi connectivity index (χ0v) is 6.68. The van der Waals surface area contributed by atoms with E-state index in [1.165, 1.54) is 6.07 Å². The van der Waals surface area contributed by atoms with E-state index < -0.39 is 0 Å². The van der Waals surface area contributed by atoms with E-state index in [-0.39, 0.29) is 5.82 Å². The summed E-state index contributed by atoms with van der Waals surface area (Å²) < 4.78 is 12.9. The van der Waals surface area contributed by atoms with E-state index in [1.807, 2.05) is 0 Å². The first-order valence-electron chi connectivity index (χ1n) is 3.76. The molecule has 0 saturated carbocycles. The highest BCUT2D eigenvalue weighted by Gasteiger charge is 1.96. The summed E-state index contributed by atoms with van der Waals surface area (Å²) in [5.41, 5.74) is 0.507. The molecule has 1 nitrogen and oxygen atoms in total. The molecule has 0 atom stereocenters. The maximum atomic E-state index is 12.9. The van der Waals surface area contributed by atoms with E-state index in [9.17, 15) is 4.39 Å². The highest BCUT2D eigenvalue weighted by molar-refractivity contribution is 5.44. The van der Waals surface area contributed by atoms with Gasteiger partial charge in [-0.3, -0.25) is 0 Å². The third kappa shape index (κ3) is 2.28. The summed E-state index contributed by atoms with van der Waals surface area (Å²) in [5, 5.41) is 2.90. The van der Waals surface area contributed by atoms with Gasteiger partial charge in [-0.15, -0.1) is 12.3 Å². The van der Waals surface area contributed by atoms with Crippen molar-refractivity contribution in [1.29, 1.82) is 0 Å². The molecule has 62 valence electrons. The van der Waals surface area contributed by atoms with Crippen molar-refractivity contribution in [1.82, 2.24) is 0 Å². The number of anilines is 1. The van der Waals surface area contributed by atoms with Crippen molar-refractivity contribution in [2.45, 2.75) is 6.42 Å². The van der Waals surface area contributed by atoms with Crippen molar-refractivity contribution in [2.24, 2.45) is 0 Å². The number of benzene rings is 1. The first-order chi connectivity index (χ1) is 5.84. The molecule has 1 N–H and O–H groups in total. The average Bonchev–Trinajstić information content (AvgIpc) is 2.09. The summed E-state index contributed by atoms with van der Waals surface area (Å²) in [6, 6.07) is 6.53. The minimum atomic E-state index is -0.241. The van der Waals surface area contributed by atoms with Gasteiger partial charge in [0.15, 0.2) is 0 Å². The van der Waals surface area contributed by atoms with E-state index in [2.05, 4.69) is 11.2 Å². The Morgan fingerprint density at radius 3 is 2.83 bits per heavy atom. The molecular weight excluding hydrogens is 153 g/mol. The Bertz CT molecular complexity index is 288. The molecule has 0 aliphatic rings. The minimum Gasteiger partial charge on any atom is -0.382 e. The van der Waals surface area contributed by atoms with Gasteiger partial charge in [-0.1, -0.05) is 12.1 Å². The van der Waals surface area contributed by atoms with Crippen LogP contribution in [-0.2, 0) is 0 Å². The van der Waals surface area contributed by atoms with E-state index in [0.717, 1.165) is 0 Å². The average molecular weight is 163 g/mol. The van der Waals surface area contributed by atoms with E-state index in [0.29, 0.717) is 18.7 Å². The zero-order valence-electron chi connectivity index (χ0n) is 6.68. The van der Waals surface area contributed by atoms with Gasteiger partial charge in [0.25, 0.3) is 0 Å². The third-order valence-electron chi connectivity index (χ3n) is 1.46. The van der Waals surface area contributed by atoms with Crippen LogP contribution in [0.5, 0.6) is 0 Å². The third-order valence-corrected chi connectivity index (χ3v) is 1.46. The van der Waals surface area contributed by atoms with Crippen LogP contribution < -0.4 is 5.32 Å². The Labute approximate surface area is 71.6 Å². The molecule has 0 bridgehead atoms. The van der Waals surface area contributed by atoms with E-state index in [4.69, 9.17) is 6.42 Å². The van der Waals surface area contributed by atoms with Crippen molar-refractivity contribution in [2.75, 3.05) is 11.9 Å². The number of para-hydroxylation sites is 1. The Morgan fingerprint density at radius 1 is 1.42 bits per heavy atom. The van der Waals surface area contributed by atoms with Gasteiger partial charge in [0, 0.05) is 13.0 Å². The normalized spacial score (nSPS) is 9.00. The summed E-state index contributed by atoms with van der Waals surface area (Å²) in [6.45, 7) is 0.609. The molecule has 0 heterocycles. The van der Waals surface area contributed by atoms with Crippen LogP contribution in [0.25, 0.3) is 0 Å². The Kier molecular flexibility index (Phi) is 3.16. The lowest BCUT2D eigenvalue weighted by Gasteiger charge is -2.03. The number of halogens is 1. The van der Waals surface area contributed by atoms with Crippen LogP contribution in [0.3, 0.4) is 0 Å². The van der Waals surface area contributed by atoms with Crippen LogP contribution in [-0.4, -0.2) is 6.54 Å². The lowest BCUT2D eigenvalue weighted by Crippen LogP contribution is -2.01. The van der Waals surface area contributed by atoms with Gasteiger partial charge in [-0.05, 0) is 12.1 Å². The maximum absolute atomic E-state index is 12.9. The fraction of sp³-hybridized carbons (Fsp3) is 0.200. The molecule has 0 fully saturated rings. The van der Waals surface area contributed by atoms with E-state index in [1.54, 1.807) is 18.2 Å². The van der Waals surface area contributed by atoms with Gasteiger partial charge in [-0.2, -0.15) is 0 Å². The number of terminal acetylenes is 1. The molecule has 0 unspecified atom stereocenters. The van der Waals surface area contributed by atoms with Crippen LogP contribution >= 0.6 is 0 Å². The summed E-state index contributed by atoms with van der Waals surface area (Å²) in [7, 11) is 0. The fourth-order valence-corrected chi connectivity index (χ4v) is 0.874. The molecule has 1 aromatic carbocycles. The summed E-state index contributed by atoms with van der Waals surface area (Å²) in [5.74, 6) is 2.23. The predicted molar refractivity (Wildman–Crippen MR) is 48.3 cm³/mol. The van der Waals surface area contributed by atoms with Crippen LogP contribution in [0.1, 0.15) is 6.42 Å². The number of hydrogen-bond acceptors (Lipinski definition) is 1. The topological polar surface area (TPSA) is 12.0 Å². The van der Waals surface area contributed by atoms with Gasteiger partial charge >= 0.3 is 0 Å². The van der Waals surface area contributed by atoms with Gasteiger partial charge in [-0.25, -0.2) is 4.39 Å². The van der Waals surface area contributed by atoms with Crippen molar-refractivity contribution >= 4 is 5.69 Å². The van der Waals surface area contributed by atoms with Crippen LogP contribution in [0, 0.1) is 18.2 Å². The molecule has 1 rings (SSSR count). The molecule has 0 aliphatic carbocycles. The minimum absolute atomic E-state index is 0.241. The molecule has 0 amide bonds. The lowest BCUT2D eigenvalue weighted by molar-refractivity contribution is 0.630. The lowest BCUT2D eigenvalue weighted by atomic mass is 10.3. The second kappa shape index (κ2) is 4.40. The summed E-state index contributed by atoms with van der Waals surface area (Å²) in [4.78, 5) is 0. The van der Waals surface area contributed by atoms with E-state index >= 15 is 0 Å². The largest absolute Gasteiger partial charge is 0.382 e. The number of nitrogens with one attached hydrogen (secondary N) is 1. The Balaban J connectivity index is 2.53. The monoisotopic (exact) mass is 163 g/mol. The maximum Gasteiger partial charge on any atom is 0.146 e. The molecule has 1 aromatic rings. The Morgan fingerprint density at radius 2 is 2.17 bits per heavy atom. The molecule has 0 spiro atoms. The highest BCUT2D eigenvalue weighted by Crippen LogP contribution is 2.11. The van der Waals surface area contributed by atoms with Gasteiger partial charge in [0.1, 0.15) is 5.82 Å². The smallest absolute Gasteiger partial charge is 0.146 e. The van der Waals surface area contributed by atoms with Crippen LogP contribution in [0.2, 0.25) is 0 Å². The predicted octanol–water partition coefficient (Wildman–Crippen LogP) is 2.26. The summed E-state index contributed by atoms with van der Waals surface area (Å²) in [6.07, 6.45) is 5.65. The van der Waals surface area contributed by atoms with Gasteiger partial charge in [0.2, 0.25) is 0 Å². The zero-order chi connectivity index (χ0) is 8.81. The first-order valence-corrected chi connectivity index (χ1v) is 3.76. The second-order valence-corrected chi connectivity index (χ2v) is 2.36. The van der Waals surface area contributed by atoms with Gasteiger partial charge in [0.05, 0.1) is 5.69 Å². The van der Waals surface area contributed by atoms with Gasteiger partial charge < -0.3 is 5.32 Å². The second-order valence-electron chi connectivity index (χ2n) is 2.36. The quantitative estimate of drug-likeness (QED) is 0.532. The van der Waals surface area contributed by atoms with Crippen LogP contribution in [0.4, 0.5) is 10.1 Å². The standard InChI is InChI=1S/C10H10FN/c1-2-3-8-12-10-7-5-4-6-9(10)11/h1,4-7,12H,3,8H2. The van der Waals surface area contributed by atoms with Crippen molar-refractivity contribution < 1.29 is 4.39 Å². The molecule has 12 heavy (non-hydrogen) atoms. The Hall–Kier alpha value is -1.49. The molecule has 0 saturated heterocycles. The van der Waals surface area contributed by atoms with Crippen molar-refractivity contribution in [3.63, 3.8) is 0 Å². The summed E-state index contributed by atoms with van der Waals surface area (Å²) >= 11 is 0. The first kappa shape index (κ1) is 8.61. The number of rotatable bonds is 3. The molecule has 0 aliphatic heterocycles. The van der Waals surface area contributed by atoms with Crippen molar-refractivity contribution in [3.8, 4) is 12.3 Å². The molecule has 2 heteroatoms. The highest BCUT2D eigenvalue weighted by atomic mass is 19.1. The fourth-order valence-electron chi connectivity index (χ4n) is 0.874. The van der Waals surface area contributed by atoms with Crippen molar-refractivity contribution in [3.05, 3.63) is 30.1 Å².